The van der Waals surface area contributed by atoms with E-state index in [-0.39, 0.29) is 28.7 Å². The summed E-state index contributed by atoms with van der Waals surface area (Å²) in [6, 6.07) is 2.38. The van der Waals surface area contributed by atoms with Crippen LogP contribution < -0.4 is 5.32 Å². The number of pyridine rings is 1. The molecule has 7 heteroatoms. The Hall–Kier alpha value is -2.18. The molecule has 1 aromatic heterocycles. The number of rotatable bonds is 4. The molecule has 0 saturated heterocycles. The fraction of sp³-hybridized carbons (Fsp3) is 0.538. The van der Waals surface area contributed by atoms with E-state index in [9.17, 15) is 14.9 Å². The van der Waals surface area contributed by atoms with Crippen molar-refractivity contribution in [1.82, 2.24) is 4.98 Å². The topological polar surface area (TPSA) is 105 Å². The van der Waals surface area contributed by atoms with E-state index in [1.54, 1.807) is 0 Å². The monoisotopic (exact) mass is 279 g/mol. The van der Waals surface area contributed by atoms with E-state index >= 15 is 0 Å². The molecule has 0 aliphatic heterocycles. The van der Waals surface area contributed by atoms with E-state index in [2.05, 4.69) is 24.1 Å². The van der Waals surface area contributed by atoms with Crippen molar-refractivity contribution in [3.05, 3.63) is 27.9 Å². The zero-order valence-corrected chi connectivity index (χ0v) is 11.4. The lowest BCUT2D eigenvalue weighted by molar-refractivity contribution is -0.384. The number of carbonyl (C=O) groups is 1. The molecule has 2 rings (SSSR count). The van der Waals surface area contributed by atoms with Crippen molar-refractivity contribution in [2.24, 2.45) is 5.41 Å². The summed E-state index contributed by atoms with van der Waals surface area (Å²) in [5.41, 5.74) is -0.388. The van der Waals surface area contributed by atoms with Crippen LogP contribution in [0.3, 0.4) is 0 Å². The first kappa shape index (κ1) is 14.2. The van der Waals surface area contributed by atoms with Gasteiger partial charge in [0.15, 0.2) is 5.69 Å². The van der Waals surface area contributed by atoms with Crippen LogP contribution in [0.2, 0.25) is 0 Å². The Morgan fingerprint density at radius 1 is 1.55 bits per heavy atom. The summed E-state index contributed by atoms with van der Waals surface area (Å²) in [4.78, 5) is 25.3. The highest BCUT2D eigenvalue weighted by atomic mass is 16.6. The first-order valence-electron chi connectivity index (χ1n) is 6.46. The SMILES string of the molecule is CC1(C)CCCC1Nc1nc(C(=O)O)ccc1[N+](=O)[O-]. The van der Waals surface area contributed by atoms with E-state index in [1.165, 1.54) is 6.07 Å². The Kier molecular flexibility index (Phi) is 3.61. The van der Waals surface area contributed by atoms with E-state index < -0.39 is 10.9 Å². The minimum absolute atomic E-state index is 0.00871. The van der Waals surface area contributed by atoms with Gasteiger partial charge in [-0.2, -0.15) is 0 Å². The van der Waals surface area contributed by atoms with E-state index in [0.29, 0.717) is 0 Å². The number of nitrogens with zero attached hydrogens (tertiary/aromatic N) is 2. The van der Waals surface area contributed by atoms with Gasteiger partial charge in [-0.1, -0.05) is 20.3 Å². The number of anilines is 1. The lowest BCUT2D eigenvalue weighted by Crippen LogP contribution is -2.31. The molecule has 1 atom stereocenters. The number of nitrogens with one attached hydrogen (secondary N) is 1. The first-order chi connectivity index (χ1) is 9.31. The molecular formula is C13H17N3O4. The second-order valence-corrected chi connectivity index (χ2v) is 5.70. The molecular weight excluding hydrogens is 262 g/mol. The van der Waals surface area contributed by atoms with Crippen LogP contribution in [0.25, 0.3) is 0 Å². The minimum Gasteiger partial charge on any atom is -0.477 e. The third kappa shape index (κ3) is 2.71. The molecule has 1 unspecified atom stereocenters. The van der Waals surface area contributed by atoms with Crippen molar-refractivity contribution in [3.63, 3.8) is 0 Å². The maximum Gasteiger partial charge on any atom is 0.354 e. The number of carboxylic acid groups (broad SMARTS) is 1. The molecule has 2 N–H and O–H groups in total. The summed E-state index contributed by atoms with van der Waals surface area (Å²) in [6.07, 6.45) is 2.96. The van der Waals surface area contributed by atoms with Crippen LogP contribution in [-0.4, -0.2) is 27.0 Å². The molecule has 1 aliphatic rings. The van der Waals surface area contributed by atoms with Gasteiger partial charge in [-0.15, -0.1) is 0 Å². The van der Waals surface area contributed by atoms with Crippen LogP contribution in [0.5, 0.6) is 0 Å². The number of hydrogen-bond donors (Lipinski definition) is 2. The highest BCUT2D eigenvalue weighted by molar-refractivity contribution is 5.86. The van der Waals surface area contributed by atoms with E-state index in [4.69, 9.17) is 5.11 Å². The summed E-state index contributed by atoms with van der Waals surface area (Å²) in [7, 11) is 0. The summed E-state index contributed by atoms with van der Waals surface area (Å²) in [5.74, 6) is -1.16. The van der Waals surface area contributed by atoms with Gasteiger partial charge in [0.2, 0.25) is 5.82 Å². The van der Waals surface area contributed by atoms with Gasteiger partial charge in [0.1, 0.15) is 0 Å². The van der Waals surface area contributed by atoms with Gasteiger partial charge in [-0.25, -0.2) is 9.78 Å². The van der Waals surface area contributed by atoms with Crippen LogP contribution in [0.15, 0.2) is 12.1 Å². The zero-order chi connectivity index (χ0) is 14.9. The van der Waals surface area contributed by atoms with Gasteiger partial charge in [0.25, 0.3) is 0 Å². The third-order valence-electron chi connectivity index (χ3n) is 3.86. The first-order valence-corrected chi connectivity index (χ1v) is 6.46. The molecule has 1 fully saturated rings. The summed E-state index contributed by atoms with van der Waals surface area (Å²) in [6.45, 7) is 4.18. The Labute approximate surface area is 116 Å². The van der Waals surface area contributed by atoms with E-state index in [1.807, 2.05) is 0 Å². The van der Waals surface area contributed by atoms with Crippen LogP contribution in [0.1, 0.15) is 43.6 Å². The molecule has 1 aromatic rings. The molecule has 0 radical (unpaired) electrons. The highest BCUT2D eigenvalue weighted by Crippen LogP contribution is 2.39. The van der Waals surface area contributed by atoms with E-state index in [0.717, 1.165) is 25.3 Å². The predicted octanol–water partition coefficient (Wildman–Crippen LogP) is 2.68. The fourth-order valence-electron chi connectivity index (χ4n) is 2.58. The van der Waals surface area contributed by atoms with Crippen molar-refractivity contribution in [2.75, 3.05) is 5.32 Å². The van der Waals surface area contributed by atoms with Gasteiger partial charge in [-0.3, -0.25) is 10.1 Å². The summed E-state index contributed by atoms with van der Waals surface area (Å²) < 4.78 is 0. The lowest BCUT2D eigenvalue weighted by Gasteiger charge is -2.28. The normalized spacial score (nSPS) is 20.6. The Bertz CT molecular complexity index is 557. The quantitative estimate of drug-likeness (QED) is 0.648. The maximum absolute atomic E-state index is 11.0. The average Bonchev–Trinajstić information content (AvgIpc) is 2.68. The molecule has 1 saturated carbocycles. The van der Waals surface area contributed by atoms with Gasteiger partial charge in [0, 0.05) is 12.1 Å². The number of nitro groups is 1. The second kappa shape index (κ2) is 5.07. The largest absolute Gasteiger partial charge is 0.477 e. The standard InChI is InChI=1S/C13H17N3O4/c1-13(2)7-3-4-10(13)15-11-9(16(19)20)6-5-8(14-11)12(17)18/h5-6,10H,3-4,7H2,1-2H3,(H,14,15)(H,17,18). The number of aromatic carboxylic acids is 1. The van der Waals surface area contributed by atoms with Crippen molar-refractivity contribution < 1.29 is 14.8 Å². The minimum atomic E-state index is -1.20. The molecule has 1 heterocycles. The smallest absolute Gasteiger partial charge is 0.354 e. The Morgan fingerprint density at radius 3 is 2.75 bits per heavy atom. The van der Waals surface area contributed by atoms with Gasteiger partial charge >= 0.3 is 11.7 Å². The highest BCUT2D eigenvalue weighted by Gasteiger charge is 2.36. The number of carboxylic acids is 1. The van der Waals surface area contributed by atoms with Gasteiger partial charge in [-0.05, 0) is 24.3 Å². The third-order valence-corrected chi connectivity index (χ3v) is 3.86. The van der Waals surface area contributed by atoms with Crippen molar-refractivity contribution in [1.29, 1.82) is 0 Å². The summed E-state index contributed by atoms with van der Waals surface area (Å²) in [5, 5.41) is 23.0. The molecule has 0 aromatic carbocycles. The molecule has 7 nitrogen and oxygen atoms in total. The van der Waals surface area contributed by atoms with Crippen molar-refractivity contribution in [2.45, 2.75) is 39.2 Å². The van der Waals surface area contributed by atoms with Gasteiger partial charge < -0.3 is 10.4 Å². The van der Waals surface area contributed by atoms with Crippen LogP contribution in [0, 0.1) is 15.5 Å². The average molecular weight is 279 g/mol. The maximum atomic E-state index is 11.0. The van der Waals surface area contributed by atoms with Crippen LogP contribution >= 0.6 is 0 Å². The molecule has 20 heavy (non-hydrogen) atoms. The number of aromatic nitrogens is 1. The fourth-order valence-corrected chi connectivity index (χ4v) is 2.58. The van der Waals surface area contributed by atoms with Gasteiger partial charge in [0.05, 0.1) is 4.92 Å². The lowest BCUT2D eigenvalue weighted by atomic mass is 9.87. The molecule has 0 bridgehead atoms. The van der Waals surface area contributed by atoms with Crippen LogP contribution in [0.4, 0.5) is 11.5 Å². The molecule has 1 aliphatic carbocycles. The molecule has 108 valence electrons. The van der Waals surface area contributed by atoms with Crippen molar-refractivity contribution >= 4 is 17.5 Å². The summed E-state index contributed by atoms with van der Waals surface area (Å²) >= 11 is 0. The van der Waals surface area contributed by atoms with Crippen molar-refractivity contribution in [3.8, 4) is 0 Å². The second-order valence-electron chi connectivity index (χ2n) is 5.70. The predicted molar refractivity (Wildman–Crippen MR) is 72.9 cm³/mol. The van der Waals surface area contributed by atoms with Crippen LogP contribution in [-0.2, 0) is 0 Å². The molecule has 0 amide bonds. The zero-order valence-electron chi connectivity index (χ0n) is 11.4. The Morgan fingerprint density at radius 2 is 2.25 bits per heavy atom. The Balaban J connectivity index is 2.35. The number of hydrogen-bond acceptors (Lipinski definition) is 5. The molecule has 0 spiro atoms.